The van der Waals surface area contributed by atoms with Gasteiger partial charge in [-0.2, -0.15) is 0 Å². The van der Waals surface area contributed by atoms with Gasteiger partial charge in [0.1, 0.15) is 11.3 Å². The zero-order chi connectivity index (χ0) is 27.1. The molecule has 2 aliphatic carbocycles. The first-order chi connectivity index (χ1) is 18.8. The molecule has 1 amide bonds. The molecule has 0 aromatic heterocycles. The fourth-order valence-electron chi connectivity index (χ4n) is 5.98. The highest BCUT2D eigenvalue weighted by atomic mass is 16.4. The maximum atomic E-state index is 12.9. The van der Waals surface area contributed by atoms with E-state index >= 15 is 0 Å². The highest BCUT2D eigenvalue weighted by Gasteiger charge is 2.48. The Kier molecular flexibility index (Phi) is 6.04. The molecular weight excluding hydrogens is 490 g/mol. The SMILES string of the molecule is O=C(Nc1ccc(O)c(C(=O)O)c1)c1ccc(C[C@@]2(C3=Cc4ccccc4C3)Cc3ccccc3[C@H]2O)cc1. The number of hydrogen-bond acceptors (Lipinski definition) is 4. The number of carboxylic acid groups (broad SMARTS) is 1. The van der Waals surface area contributed by atoms with Crippen LogP contribution in [0.15, 0.2) is 96.6 Å². The minimum atomic E-state index is -1.28. The van der Waals surface area contributed by atoms with Gasteiger partial charge < -0.3 is 20.6 Å². The second-order valence-corrected chi connectivity index (χ2v) is 10.3. The smallest absolute Gasteiger partial charge is 0.339 e. The van der Waals surface area contributed by atoms with Gasteiger partial charge in [0.05, 0.1) is 6.10 Å². The molecule has 4 aromatic carbocycles. The van der Waals surface area contributed by atoms with Crippen LogP contribution in [-0.4, -0.2) is 27.2 Å². The van der Waals surface area contributed by atoms with Gasteiger partial charge in [-0.3, -0.25) is 4.79 Å². The highest BCUT2D eigenvalue weighted by Crippen LogP contribution is 2.55. The Labute approximate surface area is 225 Å². The van der Waals surface area contributed by atoms with Crippen LogP contribution in [-0.2, 0) is 19.3 Å². The average molecular weight is 518 g/mol. The number of carboxylic acids is 1. The van der Waals surface area contributed by atoms with E-state index in [2.05, 4.69) is 29.6 Å². The highest BCUT2D eigenvalue weighted by molar-refractivity contribution is 6.05. The summed E-state index contributed by atoms with van der Waals surface area (Å²) in [6, 6.07) is 27.6. The van der Waals surface area contributed by atoms with E-state index in [1.807, 2.05) is 42.5 Å². The number of aliphatic hydroxyl groups is 1. The van der Waals surface area contributed by atoms with E-state index in [0.717, 1.165) is 29.5 Å². The summed E-state index contributed by atoms with van der Waals surface area (Å²) in [6.45, 7) is 0. The Morgan fingerprint density at radius 2 is 1.62 bits per heavy atom. The molecule has 0 unspecified atom stereocenters. The predicted octanol–water partition coefficient (Wildman–Crippen LogP) is 5.80. The van der Waals surface area contributed by atoms with Gasteiger partial charge in [0.15, 0.2) is 0 Å². The summed E-state index contributed by atoms with van der Waals surface area (Å²) < 4.78 is 0. The number of carbonyl (C=O) groups is 2. The predicted molar refractivity (Wildman–Crippen MR) is 149 cm³/mol. The summed E-state index contributed by atoms with van der Waals surface area (Å²) in [5.74, 6) is -2.03. The van der Waals surface area contributed by atoms with Gasteiger partial charge in [-0.25, -0.2) is 4.79 Å². The van der Waals surface area contributed by atoms with E-state index in [9.17, 15) is 24.9 Å². The quantitative estimate of drug-likeness (QED) is 0.242. The lowest BCUT2D eigenvalue weighted by Crippen LogP contribution is -2.31. The molecule has 0 saturated heterocycles. The Morgan fingerprint density at radius 1 is 0.897 bits per heavy atom. The number of carbonyl (C=O) groups excluding carboxylic acids is 1. The lowest BCUT2D eigenvalue weighted by atomic mass is 9.70. The van der Waals surface area contributed by atoms with E-state index in [-0.39, 0.29) is 22.9 Å². The number of anilines is 1. The number of aliphatic hydroxyl groups excluding tert-OH is 1. The lowest BCUT2D eigenvalue weighted by Gasteiger charge is -2.35. The van der Waals surface area contributed by atoms with Crippen LogP contribution >= 0.6 is 0 Å². The molecule has 2 atom stereocenters. The van der Waals surface area contributed by atoms with Crippen LogP contribution in [0.25, 0.3) is 6.08 Å². The standard InChI is InChI=1S/C33H27NO5/c35-29-14-13-26(17-28(29)32(38)39)34-31(37)21-11-9-20(10-12-21)18-33(19-24-7-3-4-8-27(24)30(33)36)25-15-22-5-1-2-6-23(22)16-25/h1-15,17,30,35-36H,16,18-19H2,(H,34,37)(H,38,39)/t30-,33+/m1/s1. The number of benzene rings is 4. The number of aromatic carboxylic acids is 1. The summed E-state index contributed by atoms with van der Waals surface area (Å²) >= 11 is 0. The molecule has 0 spiro atoms. The van der Waals surface area contributed by atoms with Crippen molar-refractivity contribution in [3.63, 3.8) is 0 Å². The van der Waals surface area contributed by atoms with Crippen molar-refractivity contribution >= 4 is 23.6 Å². The number of nitrogens with one attached hydrogen (secondary N) is 1. The second-order valence-electron chi connectivity index (χ2n) is 10.3. The number of fused-ring (bicyclic) bond motifs is 2. The molecule has 194 valence electrons. The zero-order valence-corrected chi connectivity index (χ0v) is 21.1. The van der Waals surface area contributed by atoms with Gasteiger partial charge in [0.25, 0.3) is 5.91 Å². The maximum absolute atomic E-state index is 12.9. The molecule has 0 aliphatic heterocycles. The van der Waals surface area contributed by atoms with Gasteiger partial charge in [-0.1, -0.05) is 72.3 Å². The molecule has 2 aliphatic rings. The number of amides is 1. The van der Waals surface area contributed by atoms with Crippen molar-refractivity contribution < 1.29 is 24.9 Å². The summed E-state index contributed by atoms with van der Waals surface area (Å²) in [5.41, 5.74) is 6.73. The average Bonchev–Trinajstić information content (AvgIpc) is 3.50. The number of phenols is 1. The molecule has 0 saturated carbocycles. The van der Waals surface area contributed by atoms with Crippen LogP contribution < -0.4 is 5.32 Å². The van der Waals surface area contributed by atoms with E-state index < -0.39 is 17.5 Å². The zero-order valence-electron chi connectivity index (χ0n) is 21.1. The molecule has 6 nitrogen and oxygen atoms in total. The summed E-state index contributed by atoms with van der Waals surface area (Å²) in [4.78, 5) is 24.2. The number of hydrogen-bond donors (Lipinski definition) is 4. The van der Waals surface area contributed by atoms with Crippen LogP contribution in [0.1, 0.15) is 54.6 Å². The van der Waals surface area contributed by atoms with Crippen molar-refractivity contribution in [1.29, 1.82) is 0 Å². The largest absolute Gasteiger partial charge is 0.507 e. The molecule has 6 heteroatoms. The van der Waals surface area contributed by atoms with Crippen molar-refractivity contribution in [2.75, 3.05) is 5.32 Å². The Bertz CT molecular complexity index is 1640. The molecule has 4 N–H and O–H groups in total. The van der Waals surface area contributed by atoms with Crippen molar-refractivity contribution in [3.05, 3.63) is 136 Å². The monoisotopic (exact) mass is 517 g/mol. The molecule has 4 aromatic rings. The van der Waals surface area contributed by atoms with Crippen LogP contribution in [0.3, 0.4) is 0 Å². The molecule has 0 heterocycles. The Morgan fingerprint density at radius 3 is 2.33 bits per heavy atom. The fraction of sp³-hybridized carbons (Fsp3) is 0.152. The van der Waals surface area contributed by atoms with Gasteiger partial charge in [0.2, 0.25) is 0 Å². The van der Waals surface area contributed by atoms with E-state index in [4.69, 9.17) is 0 Å². The maximum Gasteiger partial charge on any atom is 0.339 e. The van der Waals surface area contributed by atoms with Crippen LogP contribution in [0.4, 0.5) is 5.69 Å². The van der Waals surface area contributed by atoms with Gasteiger partial charge in [-0.05, 0) is 77.4 Å². The van der Waals surface area contributed by atoms with Crippen molar-refractivity contribution in [1.82, 2.24) is 0 Å². The van der Waals surface area contributed by atoms with E-state index in [1.165, 1.54) is 34.9 Å². The molecular formula is C33H27NO5. The first-order valence-electron chi connectivity index (χ1n) is 12.9. The van der Waals surface area contributed by atoms with Crippen molar-refractivity contribution in [2.45, 2.75) is 25.4 Å². The second kappa shape index (κ2) is 9.57. The third kappa shape index (κ3) is 4.39. The Balaban J connectivity index is 1.26. The molecule has 0 fully saturated rings. The van der Waals surface area contributed by atoms with Gasteiger partial charge in [0, 0.05) is 16.7 Å². The van der Waals surface area contributed by atoms with E-state index in [1.54, 1.807) is 12.1 Å². The minimum Gasteiger partial charge on any atom is -0.507 e. The summed E-state index contributed by atoms with van der Waals surface area (Å²) in [6.07, 6.45) is 3.74. The topological polar surface area (TPSA) is 107 Å². The number of rotatable bonds is 6. The molecule has 39 heavy (non-hydrogen) atoms. The molecule has 6 rings (SSSR count). The summed E-state index contributed by atoms with van der Waals surface area (Å²) in [7, 11) is 0. The third-order valence-corrected chi connectivity index (χ3v) is 8.00. The fourth-order valence-corrected chi connectivity index (χ4v) is 5.98. The first-order valence-corrected chi connectivity index (χ1v) is 12.9. The normalized spacial score (nSPS) is 19.2. The van der Waals surface area contributed by atoms with Crippen molar-refractivity contribution in [2.24, 2.45) is 5.41 Å². The van der Waals surface area contributed by atoms with Crippen LogP contribution in [0.5, 0.6) is 5.75 Å². The van der Waals surface area contributed by atoms with Gasteiger partial charge in [-0.15, -0.1) is 0 Å². The van der Waals surface area contributed by atoms with Gasteiger partial charge >= 0.3 is 5.97 Å². The summed E-state index contributed by atoms with van der Waals surface area (Å²) in [5, 5.41) is 33.3. The van der Waals surface area contributed by atoms with E-state index in [0.29, 0.717) is 12.0 Å². The van der Waals surface area contributed by atoms with Crippen LogP contribution in [0, 0.1) is 5.41 Å². The third-order valence-electron chi connectivity index (χ3n) is 8.00. The van der Waals surface area contributed by atoms with Crippen LogP contribution in [0.2, 0.25) is 0 Å². The lowest BCUT2D eigenvalue weighted by molar-refractivity contribution is 0.0650. The molecule has 0 radical (unpaired) electrons. The molecule has 0 bridgehead atoms. The van der Waals surface area contributed by atoms with Crippen molar-refractivity contribution in [3.8, 4) is 5.75 Å². The first kappa shape index (κ1) is 24.6. The number of aromatic hydroxyl groups is 1. The Hall–Kier alpha value is -4.68. The minimum absolute atomic E-state index is 0.276.